The minimum absolute atomic E-state index is 0.0147. The van der Waals surface area contributed by atoms with E-state index in [1.54, 1.807) is 6.66 Å². The third-order valence-electron chi connectivity index (χ3n) is 1.61. The largest absolute Gasteiger partial charge is 0.312 e. The fourth-order valence-electron chi connectivity index (χ4n) is 1.10. The maximum Gasteiger partial charge on any atom is 0.138 e. The SMILES string of the molecule is C#CC1CP(C)(=O)SC1C#C. The van der Waals surface area contributed by atoms with Gasteiger partial charge in [-0.3, -0.25) is 0 Å². The van der Waals surface area contributed by atoms with E-state index in [-0.39, 0.29) is 11.2 Å². The van der Waals surface area contributed by atoms with Crippen LogP contribution >= 0.6 is 17.7 Å². The van der Waals surface area contributed by atoms with Gasteiger partial charge in [0.15, 0.2) is 0 Å². The van der Waals surface area contributed by atoms with Crippen LogP contribution in [0, 0.1) is 30.6 Å². The Bertz CT molecular complexity index is 257. The first-order valence-corrected chi connectivity index (χ1v) is 7.08. The second kappa shape index (κ2) is 2.98. The van der Waals surface area contributed by atoms with Crippen molar-refractivity contribution in [1.82, 2.24) is 0 Å². The second-order valence-electron chi connectivity index (χ2n) is 2.66. The molecule has 0 bridgehead atoms. The third-order valence-corrected chi connectivity index (χ3v) is 6.27. The first kappa shape index (κ1) is 8.79. The number of terminal acetylenes is 2. The first-order valence-electron chi connectivity index (χ1n) is 3.26. The molecule has 0 aromatic carbocycles. The molecule has 0 N–H and O–H groups in total. The van der Waals surface area contributed by atoms with Gasteiger partial charge in [0.05, 0.1) is 11.2 Å². The maximum atomic E-state index is 11.5. The molecule has 0 aliphatic carbocycles. The lowest BCUT2D eigenvalue weighted by Gasteiger charge is -2.01. The molecule has 1 aliphatic heterocycles. The average molecular weight is 184 g/mol. The summed E-state index contributed by atoms with van der Waals surface area (Å²) >= 11 is 1.38. The minimum atomic E-state index is -2.06. The van der Waals surface area contributed by atoms with Gasteiger partial charge in [-0.15, -0.1) is 18.8 Å². The Hall–Kier alpha value is -0.300. The number of rotatable bonds is 0. The molecule has 1 nitrogen and oxygen atoms in total. The van der Waals surface area contributed by atoms with Gasteiger partial charge in [0.2, 0.25) is 0 Å². The van der Waals surface area contributed by atoms with Crippen molar-refractivity contribution in [3.63, 3.8) is 0 Å². The predicted octanol–water partition coefficient (Wildman–Crippen LogP) is 1.89. The van der Waals surface area contributed by atoms with Crippen LogP contribution in [0.3, 0.4) is 0 Å². The zero-order chi connectivity index (χ0) is 8.48. The Balaban J connectivity index is 2.82. The van der Waals surface area contributed by atoms with Gasteiger partial charge in [-0.1, -0.05) is 17.3 Å². The van der Waals surface area contributed by atoms with E-state index < -0.39 is 6.34 Å². The van der Waals surface area contributed by atoms with E-state index in [2.05, 4.69) is 11.8 Å². The molecule has 1 fully saturated rings. The van der Waals surface area contributed by atoms with Crippen molar-refractivity contribution >= 4 is 17.7 Å². The van der Waals surface area contributed by atoms with Crippen LogP contribution in [0.15, 0.2) is 0 Å². The molecule has 0 radical (unpaired) electrons. The smallest absolute Gasteiger partial charge is 0.138 e. The molecule has 0 aromatic rings. The fraction of sp³-hybridized carbons (Fsp3) is 0.500. The zero-order valence-corrected chi connectivity index (χ0v) is 7.99. The Morgan fingerprint density at radius 3 is 2.55 bits per heavy atom. The highest BCUT2D eigenvalue weighted by atomic mass is 32.7. The van der Waals surface area contributed by atoms with E-state index in [4.69, 9.17) is 12.8 Å². The van der Waals surface area contributed by atoms with Crippen molar-refractivity contribution in [3.05, 3.63) is 0 Å². The van der Waals surface area contributed by atoms with Crippen molar-refractivity contribution in [2.75, 3.05) is 12.8 Å². The predicted molar refractivity (Wildman–Crippen MR) is 50.9 cm³/mol. The topological polar surface area (TPSA) is 17.1 Å². The van der Waals surface area contributed by atoms with Gasteiger partial charge in [-0.2, -0.15) is 0 Å². The summed E-state index contributed by atoms with van der Waals surface area (Å²) in [6, 6.07) is 0. The van der Waals surface area contributed by atoms with Crippen molar-refractivity contribution < 1.29 is 4.57 Å². The molecule has 0 saturated carbocycles. The summed E-state index contributed by atoms with van der Waals surface area (Å²) in [7, 11) is 0. The highest BCUT2D eigenvalue weighted by Gasteiger charge is 2.37. The van der Waals surface area contributed by atoms with Crippen molar-refractivity contribution in [2.24, 2.45) is 5.92 Å². The van der Waals surface area contributed by atoms with Crippen LogP contribution in [-0.4, -0.2) is 18.1 Å². The summed E-state index contributed by atoms with van der Waals surface area (Å²) in [6.07, 6.45) is 9.02. The van der Waals surface area contributed by atoms with E-state index in [1.807, 2.05) is 0 Å². The van der Waals surface area contributed by atoms with Crippen LogP contribution in [0.1, 0.15) is 0 Å². The third kappa shape index (κ3) is 1.84. The maximum absolute atomic E-state index is 11.5. The summed E-state index contributed by atoms with van der Waals surface area (Å²) in [5, 5.41) is -0.0316. The summed E-state index contributed by atoms with van der Waals surface area (Å²) in [5.41, 5.74) is 0. The van der Waals surface area contributed by atoms with Crippen LogP contribution in [0.4, 0.5) is 0 Å². The quantitative estimate of drug-likeness (QED) is 0.422. The molecule has 3 unspecified atom stereocenters. The number of hydrogen-bond acceptors (Lipinski definition) is 2. The van der Waals surface area contributed by atoms with Crippen LogP contribution < -0.4 is 0 Å². The lowest BCUT2D eigenvalue weighted by atomic mass is 10.1. The molecule has 1 aliphatic rings. The highest BCUT2D eigenvalue weighted by molar-refractivity contribution is 8.58. The van der Waals surface area contributed by atoms with E-state index in [9.17, 15) is 4.57 Å². The standard InChI is InChI=1S/C8H9OPS/c1-4-7-6-10(3,9)11-8(7)5-2/h1-2,7-8H,6H2,3H3. The average Bonchev–Trinajstić information content (AvgIpc) is 2.25. The molecular formula is C8H9OPS. The monoisotopic (exact) mass is 184 g/mol. The lowest BCUT2D eigenvalue weighted by Crippen LogP contribution is -2.08. The van der Waals surface area contributed by atoms with Gasteiger partial charge in [0.25, 0.3) is 0 Å². The van der Waals surface area contributed by atoms with E-state index in [0.29, 0.717) is 6.16 Å². The highest BCUT2D eigenvalue weighted by Crippen LogP contribution is 2.65. The first-order chi connectivity index (χ1) is 5.09. The molecule has 3 atom stereocenters. The van der Waals surface area contributed by atoms with Crippen molar-refractivity contribution in [3.8, 4) is 24.7 Å². The molecular weight excluding hydrogens is 175 g/mol. The molecule has 58 valence electrons. The Morgan fingerprint density at radius 1 is 1.55 bits per heavy atom. The van der Waals surface area contributed by atoms with Crippen LogP contribution in [0.2, 0.25) is 0 Å². The fourth-order valence-corrected chi connectivity index (χ4v) is 6.02. The minimum Gasteiger partial charge on any atom is -0.312 e. The summed E-state index contributed by atoms with van der Waals surface area (Å²) < 4.78 is 11.5. The van der Waals surface area contributed by atoms with Crippen molar-refractivity contribution in [1.29, 1.82) is 0 Å². The second-order valence-corrected chi connectivity index (χ2v) is 8.72. The van der Waals surface area contributed by atoms with Gasteiger partial charge in [-0.25, -0.2) is 0 Å². The molecule has 0 aromatic heterocycles. The van der Waals surface area contributed by atoms with E-state index in [1.165, 1.54) is 11.4 Å². The normalized spacial score (nSPS) is 42.8. The van der Waals surface area contributed by atoms with E-state index in [0.717, 1.165) is 0 Å². The van der Waals surface area contributed by atoms with Crippen LogP contribution in [0.5, 0.6) is 0 Å². The van der Waals surface area contributed by atoms with E-state index >= 15 is 0 Å². The van der Waals surface area contributed by atoms with Crippen LogP contribution in [-0.2, 0) is 4.57 Å². The van der Waals surface area contributed by atoms with Crippen molar-refractivity contribution in [2.45, 2.75) is 5.25 Å². The van der Waals surface area contributed by atoms with Crippen LogP contribution in [0.25, 0.3) is 0 Å². The molecule has 0 spiro atoms. The Labute approximate surface area is 71.4 Å². The molecule has 11 heavy (non-hydrogen) atoms. The van der Waals surface area contributed by atoms with Gasteiger partial charge < -0.3 is 4.57 Å². The number of hydrogen-bond donors (Lipinski definition) is 0. The Morgan fingerprint density at radius 2 is 2.18 bits per heavy atom. The van der Waals surface area contributed by atoms with Gasteiger partial charge >= 0.3 is 0 Å². The summed E-state index contributed by atoms with van der Waals surface area (Å²) in [6.45, 7) is 1.75. The molecule has 0 amide bonds. The van der Waals surface area contributed by atoms with Gasteiger partial charge in [0.1, 0.15) is 6.34 Å². The summed E-state index contributed by atoms with van der Waals surface area (Å²) in [5.74, 6) is 5.17. The molecule has 1 saturated heterocycles. The van der Waals surface area contributed by atoms with Gasteiger partial charge in [0, 0.05) is 6.16 Å². The Kier molecular flexibility index (Phi) is 2.38. The molecule has 3 heteroatoms. The summed E-state index contributed by atoms with van der Waals surface area (Å²) in [4.78, 5) is 0. The van der Waals surface area contributed by atoms with Gasteiger partial charge in [-0.05, 0) is 6.66 Å². The molecule has 1 rings (SSSR count). The zero-order valence-electron chi connectivity index (χ0n) is 6.28. The lowest BCUT2D eigenvalue weighted by molar-refractivity contribution is 0.586. The molecule has 1 heterocycles.